The van der Waals surface area contributed by atoms with Crippen molar-refractivity contribution in [2.75, 3.05) is 13.2 Å². The zero-order valence-electron chi connectivity index (χ0n) is 10.1. The highest BCUT2D eigenvalue weighted by Gasteiger charge is 2.18. The van der Waals surface area contributed by atoms with Crippen molar-refractivity contribution in [3.63, 3.8) is 0 Å². The lowest BCUT2D eigenvalue weighted by Gasteiger charge is -2.13. The van der Waals surface area contributed by atoms with Crippen molar-refractivity contribution < 1.29 is 19.4 Å². The van der Waals surface area contributed by atoms with Gasteiger partial charge < -0.3 is 14.6 Å². The van der Waals surface area contributed by atoms with Gasteiger partial charge in [0.25, 0.3) is 0 Å². The number of ether oxygens (including phenoxy) is 2. The lowest BCUT2D eigenvalue weighted by Crippen LogP contribution is -2.16. The minimum absolute atomic E-state index is 0.0199. The Hall–Kier alpha value is -1.88. The van der Waals surface area contributed by atoms with E-state index in [0.717, 1.165) is 18.2 Å². The van der Waals surface area contributed by atoms with Gasteiger partial charge in [-0.2, -0.15) is 0 Å². The summed E-state index contributed by atoms with van der Waals surface area (Å²) >= 11 is 0. The van der Waals surface area contributed by atoms with Gasteiger partial charge in [-0.1, -0.05) is 0 Å². The maximum atomic E-state index is 10.5. The summed E-state index contributed by atoms with van der Waals surface area (Å²) in [5.74, 6) is -0.415. The van der Waals surface area contributed by atoms with Crippen molar-refractivity contribution in [2.24, 2.45) is 0 Å². The van der Waals surface area contributed by atoms with E-state index in [9.17, 15) is 4.79 Å². The maximum Gasteiger partial charge on any atom is 0.328 e. The monoisotopic (exact) mass is 249 g/mol. The second-order valence-electron chi connectivity index (χ2n) is 4.11. The standard InChI is InChI=1S/C13H15NO4/c1-9-2-4-12(18-10-6-7-17-8-10)11(14-9)3-5-13(15)16/h2-5,10H,6-8H2,1H3,(H,15,16). The highest BCUT2D eigenvalue weighted by molar-refractivity contribution is 5.85. The molecule has 1 aliphatic rings. The number of aromatic nitrogens is 1. The van der Waals surface area contributed by atoms with Crippen LogP contribution in [0.2, 0.25) is 0 Å². The van der Waals surface area contributed by atoms with Crippen molar-refractivity contribution >= 4 is 12.0 Å². The van der Waals surface area contributed by atoms with Gasteiger partial charge in [-0.25, -0.2) is 9.78 Å². The molecular weight excluding hydrogens is 234 g/mol. The van der Waals surface area contributed by atoms with Crippen LogP contribution in [0.5, 0.6) is 5.75 Å². The fourth-order valence-corrected chi connectivity index (χ4v) is 1.72. The van der Waals surface area contributed by atoms with Crippen molar-refractivity contribution in [1.82, 2.24) is 4.98 Å². The van der Waals surface area contributed by atoms with Gasteiger partial charge in [-0.05, 0) is 25.1 Å². The summed E-state index contributed by atoms with van der Waals surface area (Å²) in [7, 11) is 0. The average molecular weight is 249 g/mol. The topological polar surface area (TPSA) is 68.7 Å². The highest BCUT2D eigenvalue weighted by Crippen LogP contribution is 2.22. The number of nitrogens with zero attached hydrogens (tertiary/aromatic N) is 1. The Morgan fingerprint density at radius 2 is 2.44 bits per heavy atom. The van der Waals surface area contributed by atoms with Crippen LogP contribution in [-0.2, 0) is 9.53 Å². The van der Waals surface area contributed by atoms with Gasteiger partial charge >= 0.3 is 5.97 Å². The summed E-state index contributed by atoms with van der Waals surface area (Å²) < 4.78 is 11.0. The Balaban J connectivity index is 2.19. The van der Waals surface area contributed by atoms with Crippen LogP contribution >= 0.6 is 0 Å². The molecule has 18 heavy (non-hydrogen) atoms. The summed E-state index contributed by atoms with van der Waals surface area (Å²) in [5, 5.41) is 8.64. The summed E-state index contributed by atoms with van der Waals surface area (Å²) in [6, 6.07) is 3.64. The van der Waals surface area contributed by atoms with Crippen LogP contribution in [0.4, 0.5) is 0 Å². The minimum atomic E-state index is -1.01. The largest absolute Gasteiger partial charge is 0.486 e. The maximum absolute atomic E-state index is 10.5. The number of carboxylic acids is 1. The molecule has 96 valence electrons. The number of hydrogen-bond donors (Lipinski definition) is 1. The molecule has 1 fully saturated rings. The number of carbonyl (C=O) groups is 1. The van der Waals surface area contributed by atoms with E-state index in [1.165, 1.54) is 6.08 Å². The third-order valence-electron chi connectivity index (χ3n) is 2.59. The summed E-state index contributed by atoms with van der Waals surface area (Å²) in [6.07, 6.45) is 3.36. The summed E-state index contributed by atoms with van der Waals surface area (Å²) in [6.45, 7) is 3.11. The lowest BCUT2D eigenvalue weighted by atomic mass is 10.2. The fraction of sp³-hybridized carbons (Fsp3) is 0.385. The molecule has 0 radical (unpaired) electrons. The van der Waals surface area contributed by atoms with Crippen molar-refractivity contribution in [1.29, 1.82) is 0 Å². The van der Waals surface area contributed by atoms with Crippen molar-refractivity contribution in [2.45, 2.75) is 19.4 Å². The fourth-order valence-electron chi connectivity index (χ4n) is 1.72. The molecule has 0 spiro atoms. The number of hydrogen-bond acceptors (Lipinski definition) is 4. The number of pyridine rings is 1. The molecule has 0 bridgehead atoms. The van der Waals surface area contributed by atoms with Gasteiger partial charge in [0.05, 0.1) is 13.2 Å². The minimum Gasteiger partial charge on any atom is -0.486 e. The molecule has 1 N–H and O–H groups in total. The van der Waals surface area contributed by atoms with E-state index in [1.807, 2.05) is 19.1 Å². The third kappa shape index (κ3) is 3.30. The first-order chi connectivity index (χ1) is 8.65. The van der Waals surface area contributed by atoms with E-state index in [-0.39, 0.29) is 6.10 Å². The Morgan fingerprint density at radius 3 is 3.11 bits per heavy atom. The van der Waals surface area contributed by atoms with Crippen LogP contribution in [0, 0.1) is 6.92 Å². The molecule has 5 heteroatoms. The predicted molar refractivity (Wildman–Crippen MR) is 65.5 cm³/mol. The average Bonchev–Trinajstić information content (AvgIpc) is 2.82. The van der Waals surface area contributed by atoms with E-state index >= 15 is 0 Å². The van der Waals surface area contributed by atoms with Crippen LogP contribution in [-0.4, -0.2) is 35.4 Å². The third-order valence-corrected chi connectivity index (χ3v) is 2.59. The first kappa shape index (κ1) is 12.6. The van der Waals surface area contributed by atoms with Crippen molar-refractivity contribution in [3.8, 4) is 5.75 Å². The molecule has 0 amide bonds. The molecule has 2 rings (SSSR count). The summed E-state index contributed by atoms with van der Waals surface area (Å²) in [4.78, 5) is 14.8. The molecule has 0 aromatic carbocycles. The van der Waals surface area contributed by atoms with Gasteiger partial charge in [0, 0.05) is 18.2 Å². The van der Waals surface area contributed by atoms with Crippen LogP contribution < -0.4 is 4.74 Å². The molecule has 1 atom stereocenters. The normalized spacial score (nSPS) is 19.3. The van der Waals surface area contributed by atoms with Gasteiger partial charge in [0.1, 0.15) is 17.5 Å². The first-order valence-corrected chi connectivity index (χ1v) is 5.78. The second kappa shape index (κ2) is 5.64. The Kier molecular flexibility index (Phi) is 3.94. The number of rotatable bonds is 4. The Morgan fingerprint density at radius 1 is 1.61 bits per heavy atom. The molecule has 0 saturated carbocycles. The Labute approximate surface area is 105 Å². The van der Waals surface area contributed by atoms with Crippen LogP contribution in [0.3, 0.4) is 0 Å². The molecule has 1 aromatic rings. The molecule has 2 heterocycles. The van der Waals surface area contributed by atoms with E-state index in [0.29, 0.717) is 24.7 Å². The van der Waals surface area contributed by atoms with E-state index in [1.54, 1.807) is 0 Å². The van der Waals surface area contributed by atoms with Gasteiger partial charge in [0.2, 0.25) is 0 Å². The van der Waals surface area contributed by atoms with Gasteiger partial charge in [-0.15, -0.1) is 0 Å². The van der Waals surface area contributed by atoms with Crippen molar-refractivity contribution in [3.05, 3.63) is 29.6 Å². The van der Waals surface area contributed by atoms with E-state index in [4.69, 9.17) is 14.6 Å². The smallest absolute Gasteiger partial charge is 0.328 e. The molecule has 1 aliphatic heterocycles. The second-order valence-corrected chi connectivity index (χ2v) is 4.11. The predicted octanol–water partition coefficient (Wildman–Crippen LogP) is 1.66. The summed E-state index contributed by atoms with van der Waals surface area (Å²) in [5.41, 5.74) is 1.35. The lowest BCUT2D eigenvalue weighted by molar-refractivity contribution is -0.131. The molecular formula is C13H15NO4. The van der Waals surface area contributed by atoms with E-state index < -0.39 is 5.97 Å². The number of aryl methyl sites for hydroxylation is 1. The number of carboxylic acid groups (broad SMARTS) is 1. The van der Waals surface area contributed by atoms with Crippen LogP contribution in [0.1, 0.15) is 17.8 Å². The molecule has 1 unspecified atom stereocenters. The van der Waals surface area contributed by atoms with Gasteiger partial charge in [-0.3, -0.25) is 0 Å². The molecule has 5 nitrogen and oxygen atoms in total. The van der Waals surface area contributed by atoms with Crippen LogP contribution in [0.15, 0.2) is 18.2 Å². The number of aliphatic carboxylic acids is 1. The molecule has 0 aliphatic carbocycles. The zero-order valence-corrected chi connectivity index (χ0v) is 10.1. The quantitative estimate of drug-likeness (QED) is 0.822. The van der Waals surface area contributed by atoms with Crippen LogP contribution in [0.25, 0.3) is 6.08 Å². The molecule has 1 saturated heterocycles. The zero-order chi connectivity index (χ0) is 13.0. The first-order valence-electron chi connectivity index (χ1n) is 5.78. The molecule has 1 aromatic heterocycles. The van der Waals surface area contributed by atoms with Gasteiger partial charge in [0.15, 0.2) is 0 Å². The van der Waals surface area contributed by atoms with E-state index in [2.05, 4.69) is 4.98 Å². The Bertz CT molecular complexity index is 464. The highest BCUT2D eigenvalue weighted by atomic mass is 16.5. The SMILES string of the molecule is Cc1ccc(OC2CCOC2)c(C=CC(=O)O)n1.